The van der Waals surface area contributed by atoms with Crippen molar-refractivity contribution in [1.82, 2.24) is 4.90 Å². The number of thiophene rings is 1. The molecule has 1 atom stereocenters. The highest BCUT2D eigenvalue weighted by Crippen LogP contribution is 2.34. The predicted molar refractivity (Wildman–Crippen MR) is 126 cm³/mol. The van der Waals surface area contributed by atoms with E-state index in [2.05, 4.69) is 12.2 Å². The van der Waals surface area contributed by atoms with Crippen LogP contribution in [0.25, 0.3) is 10.1 Å². The number of ether oxygens (including phenoxy) is 1. The van der Waals surface area contributed by atoms with Gasteiger partial charge >= 0.3 is 0 Å². The number of carbonyl (C=O) groups is 2. The summed E-state index contributed by atoms with van der Waals surface area (Å²) in [5.74, 6) is -0.652. The molecule has 4 rings (SSSR count). The van der Waals surface area contributed by atoms with Crippen LogP contribution in [0.2, 0.25) is 0 Å². The number of methoxy groups -OCH3 is 1. The lowest BCUT2D eigenvalue weighted by Gasteiger charge is -2.33. The first-order chi connectivity index (χ1) is 15.4. The van der Waals surface area contributed by atoms with Crippen molar-refractivity contribution in [1.29, 1.82) is 0 Å². The van der Waals surface area contributed by atoms with Gasteiger partial charge in [0, 0.05) is 46.6 Å². The summed E-state index contributed by atoms with van der Waals surface area (Å²) < 4.78 is 20.4. The molecule has 1 saturated heterocycles. The molecule has 0 saturated carbocycles. The highest BCUT2D eigenvalue weighted by molar-refractivity contribution is 7.21. The number of carbonyl (C=O) groups excluding carboxylic acids is 2. The fraction of sp³-hybridized carbons (Fsp3) is 0.360. The lowest BCUT2D eigenvalue weighted by atomic mass is 10.0. The summed E-state index contributed by atoms with van der Waals surface area (Å²) in [5.41, 5.74) is 2.60. The van der Waals surface area contributed by atoms with Crippen molar-refractivity contribution in [3.05, 3.63) is 63.8 Å². The minimum atomic E-state index is -0.365. The van der Waals surface area contributed by atoms with Crippen molar-refractivity contribution < 1.29 is 18.7 Å². The molecule has 32 heavy (non-hydrogen) atoms. The van der Waals surface area contributed by atoms with Crippen molar-refractivity contribution >= 4 is 38.9 Å². The number of likely N-dealkylation sites (tertiary alicyclic amines) is 1. The number of piperidine rings is 1. The number of nitrogens with one attached hydrogen (secondary N) is 1. The zero-order chi connectivity index (χ0) is 22.8. The van der Waals surface area contributed by atoms with Gasteiger partial charge in [-0.15, -0.1) is 11.3 Å². The molecule has 0 radical (unpaired) electrons. The fourth-order valence-electron chi connectivity index (χ4n) is 4.31. The van der Waals surface area contributed by atoms with Crippen molar-refractivity contribution in [2.45, 2.75) is 45.8 Å². The Morgan fingerprint density at radius 1 is 1.25 bits per heavy atom. The van der Waals surface area contributed by atoms with Gasteiger partial charge in [0.1, 0.15) is 5.82 Å². The van der Waals surface area contributed by atoms with Crippen LogP contribution in [0.15, 0.2) is 36.4 Å². The molecular weight excluding hydrogens is 427 g/mol. The maximum absolute atomic E-state index is 14.4. The van der Waals surface area contributed by atoms with Gasteiger partial charge in [0.05, 0.1) is 11.5 Å². The quantitative estimate of drug-likeness (QED) is 0.533. The monoisotopic (exact) mass is 454 g/mol. The standard InChI is InChI=1S/C25H27FN2O3S/c1-15-13-17(25(30)28-12-5-4-7-16(28)2)10-11-20(15)27-24(29)23-18(14-31-3)22-19(26)8-6-9-21(22)32-23/h6,8-11,13,16H,4-5,7,12,14H2,1-3H3,(H,27,29). The maximum Gasteiger partial charge on any atom is 0.266 e. The van der Waals surface area contributed by atoms with Crippen LogP contribution in [0.4, 0.5) is 10.1 Å². The van der Waals surface area contributed by atoms with Crippen LogP contribution in [-0.4, -0.2) is 36.4 Å². The Morgan fingerprint density at radius 3 is 2.78 bits per heavy atom. The highest BCUT2D eigenvalue weighted by atomic mass is 32.1. The largest absolute Gasteiger partial charge is 0.380 e. The van der Waals surface area contributed by atoms with E-state index in [1.54, 1.807) is 24.3 Å². The lowest BCUT2D eigenvalue weighted by molar-refractivity contribution is 0.0635. The molecule has 1 aliphatic rings. The molecule has 0 aliphatic carbocycles. The van der Waals surface area contributed by atoms with E-state index in [1.807, 2.05) is 17.9 Å². The van der Waals surface area contributed by atoms with Gasteiger partial charge in [-0.1, -0.05) is 6.07 Å². The predicted octanol–water partition coefficient (Wildman–Crippen LogP) is 5.76. The molecule has 1 N–H and O–H groups in total. The number of hydrogen-bond donors (Lipinski definition) is 1. The Hall–Kier alpha value is -2.77. The summed E-state index contributed by atoms with van der Waals surface area (Å²) in [6.07, 6.45) is 3.21. The van der Waals surface area contributed by atoms with E-state index in [1.165, 1.54) is 24.5 Å². The first-order valence-corrected chi connectivity index (χ1v) is 11.6. The number of rotatable bonds is 5. The smallest absolute Gasteiger partial charge is 0.266 e. The molecule has 2 heterocycles. The van der Waals surface area contributed by atoms with Crippen LogP contribution in [-0.2, 0) is 11.3 Å². The van der Waals surface area contributed by atoms with Crippen molar-refractivity contribution in [2.24, 2.45) is 0 Å². The molecule has 168 valence electrons. The normalized spacial score (nSPS) is 16.4. The Labute approximate surface area is 191 Å². The van der Waals surface area contributed by atoms with Crippen LogP contribution in [0.3, 0.4) is 0 Å². The van der Waals surface area contributed by atoms with E-state index in [0.29, 0.717) is 31.8 Å². The molecule has 1 aliphatic heterocycles. The summed E-state index contributed by atoms with van der Waals surface area (Å²) >= 11 is 1.25. The third-order valence-corrected chi connectivity index (χ3v) is 7.24. The summed E-state index contributed by atoms with van der Waals surface area (Å²) in [6, 6.07) is 10.4. The molecule has 1 fully saturated rings. The van der Waals surface area contributed by atoms with Crippen LogP contribution < -0.4 is 5.32 Å². The van der Waals surface area contributed by atoms with Gasteiger partial charge in [-0.2, -0.15) is 0 Å². The van der Waals surface area contributed by atoms with Crippen LogP contribution in [0.1, 0.15) is 57.3 Å². The fourth-order valence-corrected chi connectivity index (χ4v) is 5.43. The Kier molecular flexibility index (Phi) is 6.58. The second kappa shape index (κ2) is 9.38. The number of benzene rings is 2. The number of halogens is 1. The topological polar surface area (TPSA) is 58.6 Å². The minimum Gasteiger partial charge on any atom is -0.380 e. The molecule has 2 aromatic carbocycles. The SMILES string of the molecule is COCc1c(C(=O)Nc2ccc(C(=O)N3CCCCC3C)cc2C)sc2cccc(F)c12. The third kappa shape index (κ3) is 4.27. The second-order valence-corrected chi connectivity index (χ2v) is 9.34. The molecule has 1 aromatic heterocycles. The first-order valence-electron chi connectivity index (χ1n) is 10.8. The number of fused-ring (bicyclic) bond motifs is 1. The summed E-state index contributed by atoms with van der Waals surface area (Å²) in [4.78, 5) is 28.4. The zero-order valence-electron chi connectivity index (χ0n) is 18.5. The van der Waals surface area contributed by atoms with Gasteiger partial charge in [0.15, 0.2) is 0 Å². The van der Waals surface area contributed by atoms with Gasteiger partial charge in [-0.05, 0) is 69.0 Å². The molecule has 5 nitrogen and oxygen atoms in total. The van der Waals surface area contributed by atoms with E-state index in [0.717, 1.165) is 31.4 Å². The first kappa shape index (κ1) is 22.4. The molecule has 3 aromatic rings. The van der Waals surface area contributed by atoms with E-state index in [-0.39, 0.29) is 30.3 Å². The van der Waals surface area contributed by atoms with Gasteiger partial charge in [0.2, 0.25) is 0 Å². The van der Waals surface area contributed by atoms with Crippen LogP contribution in [0, 0.1) is 12.7 Å². The Morgan fingerprint density at radius 2 is 2.06 bits per heavy atom. The Balaban J connectivity index is 1.58. The van der Waals surface area contributed by atoms with E-state index in [4.69, 9.17) is 4.74 Å². The van der Waals surface area contributed by atoms with Crippen molar-refractivity contribution in [2.75, 3.05) is 19.0 Å². The number of amides is 2. The molecule has 0 bridgehead atoms. The van der Waals surface area contributed by atoms with E-state index in [9.17, 15) is 14.0 Å². The van der Waals surface area contributed by atoms with E-state index >= 15 is 0 Å². The zero-order valence-corrected chi connectivity index (χ0v) is 19.4. The molecule has 1 unspecified atom stereocenters. The summed E-state index contributed by atoms with van der Waals surface area (Å²) in [7, 11) is 1.52. The Bertz CT molecular complexity index is 1170. The maximum atomic E-state index is 14.4. The second-order valence-electron chi connectivity index (χ2n) is 8.28. The van der Waals surface area contributed by atoms with Crippen LogP contribution >= 0.6 is 11.3 Å². The van der Waals surface area contributed by atoms with Crippen molar-refractivity contribution in [3.63, 3.8) is 0 Å². The number of hydrogen-bond acceptors (Lipinski definition) is 4. The number of aryl methyl sites for hydroxylation is 1. The average molecular weight is 455 g/mol. The minimum absolute atomic E-state index is 0.0283. The summed E-state index contributed by atoms with van der Waals surface area (Å²) in [6.45, 7) is 4.88. The molecule has 2 amide bonds. The third-order valence-electron chi connectivity index (χ3n) is 6.04. The molecule has 7 heteroatoms. The van der Waals surface area contributed by atoms with Crippen molar-refractivity contribution in [3.8, 4) is 0 Å². The number of nitrogens with zero attached hydrogens (tertiary/aromatic N) is 1. The van der Waals surface area contributed by atoms with Gasteiger partial charge < -0.3 is 15.0 Å². The average Bonchev–Trinajstić information content (AvgIpc) is 3.15. The highest BCUT2D eigenvalue weighted by Gasteiger charge is 2.25. The van der Waals surface area contributed by atoms with E-state index < -0.39 is 0 Å². The molecule has 0 spiro atoms. The van der Waals surface area contributed by atoms with Crippen LogP contribution in [0.5, 0.6) is 0 Å². The van der Waals surface area contributed by atoms with Gasteiger partial charge in [0.25, 0.3) is 11.8 Å². The number of anilines is 1. The lowest BCUT2D eigenvalue weighted by Crippen LogP contribution is -2.42. The molecular formula is C25H27FN2O3S. The van der Waals surface area contributed by atoms with Gasteiger partial charge in [-0.25, -0.2) is 4.39 Å². The van der Waals surface area contributed by atoms with Gasteiger partial charge in [-0.3, -0.25) is 9.59 Å². The summed E-state index contributed by atoms with van der Waals surface area (Å²) in [5, 5.41) is 3.36.